The highest BCUT2D eigenvalue weighted by Gasteiger charge is 2.12. The van der Waals surface area contributed by atoms with E-state index in [9.17, 15) is 0 Å². The van der Waals surface area contributed by atoms with Crippen LogP contribution in [-0.2, 0) is 13.1 Å². The Kier molecular flexibility index (Phi) is 4.38. The Labute approximate surface area is 123 Å². The fourth-order valence-electron chi connectivity index (χ4n) is 1.93. The van der Waals surface area contributed by atoms with E-state index in [0.29, 0.717) is 6.54 Å². The van der Waals surface area contributed by atoms with Crippen molar-refractivity contribution >= 4 is 28.9 Å². The minimum atomic E-state index is 0.632. The molecule has 0 spiro atoms. The van der Waals surface area contributed by atoms with Gasteiger partial charge in [-0.05, 0) is 38.5 Å². The topological polar surface area (TPSA) is 29.9 Å². The molecule has 5 heteroatoms. The fourth-order valence-corrected chi connectivity index (χ4v) is 2.31. The largest absolute Gasteiger partial charge is 0.379 e. The van der Waals surface area contributed by atoms with Crippen LogP contribution in [0.3, 0.4) is 0 Å². The molecule has 0 saturated heterocycles. The van der Waals surface area contributed by atoms with Crippen LogP contribution in [0.15, 0.2) is 18.2 Å². The average molecular weight is 298 g/mol. The van der Waals surface area contributed by atoms with Crippen LogP contribution in [0.4, 0.5) is 5.69 Å². The minimum absolute atomic E-state index is 0.632. The van der Waals surface area contributed by atoms with E-state index in [4.69, 9.17) is 23.2 Å². The van der Waals surface area contributed by atoms with Crippen LogP contribution in [0, 0.1) is 13.8 Å². The minimum Gasteiger partial charge on any atom is -0.379 e. The number of anilines is 1. The zero-order valence-corrected chi connectivity index (χ0v) is 12.8. The fraction of sp³-hybridized carbons (Fsp3) is 0.357. The second-order valence-corrected chi connectivity index (χ2v) is 5.26. The number of rotatable bonds is 4. The van der Waals surface area contributed by atoms with Crippen molar-refractivity contribution in [2.75, 3.05) is 5.32 Å². The van der Waals surface area contributed by atoms with Crippen molar-refractivity contribution in [1.82, 2.24) is 9.78 Å². The van der Waals surface area contributed by atoms with Gasteiger partial charge >= 0.3 is 0 Å². The third-order valence-corrected chi connectivity index (χ3v) is 3.98. The number of halogens is 2. The molecule has 0 aliphatic heterocycles. The summed E-state index contributed by atoms with van der Waals surface area (Å²) in [6.45, 7) is 7.39. The van der Waals surface area contributed by atoms with E-state index in [0.717, 1.165) is 39.2 Å². The number of hydrogen-bond acceptors (Lipinski definition) is 2. The Hall–Kier alpha value is -1.19. The number of aryl methyl sites for hydroxylation is 3. The van der Waals surface area contributed by atoms with Gasteiger partial charge in [-0.25, -0.2) is 0 Å². The van der Waals surface area contributed by atoms with E-state index in [2.05, 4.69) is 17.3 Å². The third kappa shape index (κ3) is 3.04. The highest BCUT2D eigenvalue weighted by Crippen LogP contribution is 2.23. The van der Waals surface area contributed by atoms with Crippen LogP contribution in [0.5, 0.6) is 0 Å². The number of aromatic nitrogens is 2. The summed E-state index contributed by atoms with van der Waals surface area (Å²) >= 11 is 12.4. The lowest BCUT2D eigenvalue weighted by atomic mass is 10.2. The highest BCUT2D eigenvalue weighted by atomic mass is 35.5. The molecule has 2 rings (SSSR count). The maximum absolute atomic E-state index is 6.27. The van der Waals surface area contributed by atoms with Crippen molar-refractivity contribution in [1.29, 1.82) is 0 Å². The zero-order chi connectivity index (χ0) is 14.0. The predicted molar refractivity (Wildman–Crippen MR) is 81.2 cm³/mol. The first-order valence-electron chi connectivity index (χ1n) is 6.24. The summed E-state index contributed by atoms with van der Waals surface area (Å²) in [5.74, 6) is 0. The molecular weight excluding hydrogens is 281 g/mol. The lowest BCUT2D eigenvalue weighted by Crippen LogP contribution is -2.08. The molecule has 0 unspecified atom stereocenters. The maximum atomic E-state index is 6.27. The van der Waals surface area contributed by atoms with Gasteiger partial charge in [0.25, 0.3) is 0 Å². The molecule has 102 valence electrons. The number of nitrogens with zero attached hydrogens (tertiary/aromatic N) is 2. The molecule has 0 saturated carbocycles. The van der Waals surface area contributed by atoms with Crippen LogP contribution in [0.1, 0.15) is 23.9 Å². The monoisotopic (exact) mass is 297 g/mol. The molecule has 19 heavy (non-hydrogen) atoms. The lowest BCUT2D eigenvalue weighted by Gasteiger charge is -2.09. The van der Waals surface area contributed by atoms with E-state index in [1.165, 1.54) is 0 Å². The van der Waals surface area contributed by atoms with Gasteiger partial charge in [0.15, 0.2) is 0 Å². The molecule has 0 radical (unpaired) electrons. The molecular formula is C14H17Cl2N3. The molecule has 1 N–H and O–H groups in total. The Morgan fingerprint density at radius 2 is 2.00 bits per heavy atom. The van der Waals surface area contributed by atoms with Crippen molar-refractivity contribution in [3.05, 3.63) is 45.2 Å². The Bertz CT molecular complexity index is 591. The summed E-state index contributed by atoms with van der Waals surface area (Å²) in [5.41, 5.74) is 3.91. The van der Waals surface area contributed by atoms with E-state index in [1.54, 1.807) is 0 Å². The van der Waals surface area contributed by atoms with Gasteiger partial charge in [-0.1, -0.05) is 29.3 Å². The van der Waals surface area contributed by atoms with Gasteiger partial charge in [0, 0.05) is 17.3 Å². The second kappa shape index (κ2) is 5.85. The van der Waals surface area contributed by atoms with Gasteiger partial charge in [-0.15, -0.1) is 0 Å². The molecule has 1 heterocycles. The van der Waals surface area contributed by atoms with Gasteiger partial charge in [0.05, 0.1) is 23.0 Å². The Balaban J connectivity index is 2.16. The van der Waals surface area contributed by atoms with Crippen LogP contribution in [0.25, 0.3) is 0 Å². The third-order valence-electron chi connectivity index (χ3n) is 3.08. The standard InChI is InChI=1S/C14H17Cl2N3/c1-4-19-13(14(16)10(3)18-19)8-17-11-6-5-9(2)12(15)7-11/h5-7,17H,4,8H2,1-3H3. The molecule has 0 aliphatic carbocycles. The number of nitrogens with one attached hydrogen (secondary N) is 1. The molecule has 0 fully saturated rings. The summed E-state index contributed by atoms with van der Waals surface area (Å²) < 4.78 is 1.92. The van der Waals surface area contributed by atoms with Crippen LogP contribution in [0.2, 0.25) is 10.0 Å². The van der Waals surface area contributed by atoms with Crippen molar-refractivity contribution in [2.45, 2.75) is 33.9 Å². The van der Waals surface area contributed by atoms with Crippen molar-refractivity contribution in [3.8, 4) is 0 Å². The van der Waals surface area contributed by atoms with E-state index >= 15 is 0 Å². The quantitative estimate of drug-likeness (QED) is 0.904. The number of hydrogen-bond donors (Lipinski definition) is 1. The van der Waals surface area contributed by atoms with Crippen LogP contribution < -0.4 is 5.32 Å². The maximum Gasteiger partial charge on any atom is 0.0865 e. The predicted octanol–water partition coefficient (Wildman–Crippen LogP) is 4.44. The normalized spacial score (nSPS) is 10.8. The molecule has 1 aromatic carbocycles. The van der Waals surface area contributed by atoms with Crippen LogP contribution >= 0.6 is 23.2 Å². The Morgan fingerprint density at radius 1 is 1.26 bits per heavy atom. The summed E-state index contributed by atoms with van der Waals surface area (Å²) in [4.78, 5) is 0. The first-order chi connectivity index (χ1) is 9.02. The van der Waals surface area contributed by atoms with Crippen molar-refractivity contribution in [2.24, 2.45) is 0 Å². The summed E-state index contributed by atoms with van der Waals surface area (Å²) in [6.07, 6.45) is 0. The summed E-state index contributed by atoms with van der Waals surface area (Å²) in [5, 5.41) is 9.21. The van der Waals surface area contributed by atoms with Gasteiger partial charge < -0.3 is 5.32 Å². The molecule has 0 aliphatic rings. The van der Waals surface area contributed by atoms with Gasteiger partial charge in [0.2, 0.25) is 0 Å². The van der Waals surface area contributed by atoms with Gasteiger partial charge in [-0.3, -0.25) is 4.68 Å². The zero-order valence-electron chi connectivity index (χ0n) is 11.3. The van der Waals surface area contributed by atoms with Gasteiger partial charge in [0.1, 0.15) is 0 Å². The second-order valence-electron chi connectivity index (χ2n) is 4.48. The first kappa shape index (κ1) is 14.2. The van der Waals surface area contributed by atoms with Crippen molar-refractivity contribution in [3.63, 3.8) is 0 Å². The smallest absolute Gasteiger partial charge is 0.0865 e. The average Bonchev–Trinajstić information content (AvgIpc) is 2.67. The SMILES string of the molecule is CCn1nc(C)c(Cl)c1CNc1ccc(C)c(Cl)c1. The van der Waals surface area contributed by atoms with E-state index in [-0.39, 0.29) is 0 Å². The molecule has 2 aromatic rings. The lowest BCUT2D eigenvalue weighted by molar-refractivity contribution is 0.623. The van der Waals surface area contributed by atoms with E-state index in [1.807, 2.05) is 36.7 Å². The number of benzene rings is 1. The first-order valence-corrected chi connectivity index (χ1v) is 7.00. The summed E-state index contributed by atoms with van der Waals surface area (Å²) in [6, 6.07) is 5.92. The molecule has 0 atom stereocenters. The Morgan fingerprint density at radius 3 is 2.63 bits per heavy atom. The molecule has 0 bridgehead atoms. The van der Waals surface area contributed by atoms with Crippen molar-refractivity contribution < 1.29 is 0 Å². The van der Waals surface area contributed by atoms with Gasteiger partial charge in [-0.2, -0.15) is 5.10 Å². The summed E-state index contributed by atoms with van der Waals surface area (Å²) in [7, 11) is 0. The molecule has 3 nitrogen and oxygen atoms in total. The highest BCUT2D eigenvalue weighted by molar-refractivity contribution is 6.32. The van der Waals surface area contributed by atoms with E-state index < -0.39 is 0 Å². The molecule has 1 aromatic heterocycles. The van der Waals surface area contributed by atoms with Crippen LogP contribution in [-0.4, -0.2) is 9.78 Å². The molecule has 0 amide bonds.